The van der Waals surface area contributed by atoms with Crippen molar-refractivity contribution in [2.45, 2.75) is 12.7 Å². The molecule has 0 spiro atoms. The Labute approximate surface area is 145 Å². The SMILES string of the molecule is OC(c1cccc(OCc2ccccc2)c1)c1nc2ccccc2[nH]1. The molecular formula is C21H18N2O2. The Hall–Kier alpha value is -3.11. The third-order valence-electron chi connectivity index (χ3n) is 4.09. The van der Waals surface area contributed by atoms with Crippen LogP contribution in [-0.2, 0) is 6.61 Å². The van der Waals surface area contributed by atoms with E-state index in [1.807, 2.05) is 78.9 Å². The molecule has 4 aromatic rings. The summed E-state index contributed by atoms with van der Waals surface area (Å²) in [6.45, 7) is 0.491. The van der Waals surface area contributed by atoms with Gasteiger partial charge in [-0.15, -0.1) is 0 Å². The van der Waals surface area contributed by atoms with E-state index in [1.54, 1.807) is 0 Å². The van der Waals surface area contributed by atoms with E-state index in [1.165, 1.54) is 0 Å². The zero-order valence-corrected chi connectivity index (χ0v) is 13.6. The van der Waals surface area contributed by atoms with E-state index in [9.17, 15) is 5.11 Å². The van der Waals surface area contributed by atoms with Crippen LogP contribution in [0.5, 0.6) is 5.75 Å². The number of benzene rings is 3. The normalized spacial score (nSPS) is 12.2. The van der Waals surface area contributed by atoms with Crippen molar-refractivity contribution < 1.29 is 9.84 Å². The zero-order chi connectivity index (χ0) is 17.1. The van der Waals surface area contributed by atoms with Crippen molar-refractivity contribution in [1.82, 2.24) is 9.97 Å². The average Bonchev–Trinajstić information content (AvgIpc) is 3.11. The van der Waals surface area contributed by atoms with Crippen LogP contribution in [0.15, 0.2) is 78.9 Å². The number of aliphatic hydroxyl groups excluding tert-OH is 1. The van der Waals surface area contributed by atoms with Gasteiger partial charge in [-0.1, -0.05) is 54.6 Å². The summed E-state index contributed by atoms with van der Waals surface area (Å²) >= 11 is 0. The topological polar surface area (TPSA) is 58.1 Å². The largest absolute Gasteiger partial charge is 0.489 e. The molecule has 3 aromatic carbocycles. The molecular weight excluding hydrogens is 312 g/mol. The first-order chi connectivity index (χ1) is 12.3. The standard InChI is InChI=1S/C21H18N2O2/c24-20(21-22-18-11-4-5-12-19(18)23-21)16-9-6-10-17(13-16)25-14-15-7-2-1-3-8-15/h1-13,20,24H,14H2,(H,22,23). The summed E-state index contributed by atoms with van der Waals surface area (Å²) in [7, 11) is 0. The number of aromatic amines is 1. The van der Waals surface area contributed by atoms with Crippen LogP contribution in [0.25, 0.3) is 11.0 Å². The van der Waals surface area contributed by atoms with Gasteiger partial charge in [-0.25, -0.2) is 4.98 Å². The molecule has 0 saturated heterocycles. The Morgan fingerprint density at radius 2 is 1.72 bits per heavy atom. The number of rotatable bonds is 5. The highest BCUT2D eigenvalue weighted by Crippen LogP contribution is 2.25. The van der Waals surface area contributed by atoms with Crippen LogP contribution < -0.4 is 4.74 Å². The summed E-state index contributed by atoms with van der Waals surface area (Å²) in [5.74, 6) is 1.25. The van der Waals surface area contributed by atoms with Crippen molar-refractivity contribution in [3.63, 3.8) is 0 Å². The molecule has 0 aliphatic rings. The first-order valence-electron chi connectivity index (χ1n) is 8.19. The number of H-pyrrole nitrogens is 1. The third-order valence-corrected chi connectivity index (χ3v) is 4.09. The molecule has 4 heteroatoms. The van der Waals surface area contributed by atoms with Gasteiger partial charge in [-0.05, 0) is 35.4 Å². The fraction of sp³-hybridized carbons (Fsp3) is 0.0952. The Kier molecular flexibility index (Phi) is 4.19. The molecule has 0 amide bonds. The minimum atomic E-state index is -0.826. The van der Waals surface area contributed by atoms with Gasteiger partial charge in [0.15, 0.2) is 0 Å². The average molecular weight is 330 g/mol. The van der Waals surface area contributed by atoms with Crippen molar-refractivity contribution in [3.8, 4) is 5.75 Å². The molecule has 0 radical (unpaired) electrons. The molecule has 2 N–H and O–H groups in total. The molecule has 0 bridgehead atoms. The van der Waals surface area contributed by atoms with E-state index < -0.39 is 6.10 Å². The number of aromatic nitrogens is 2. The predicted molar refractivity (Wildman–Crippen MR) is 97.4 cm³/mol. The number of para-hydroxylation sites is 2. The quantitative estimate of drug-likeness (QED) is 0.576. The Morgan fingerprint density at radius 1 is 0.920 bits per heavy atom. The highest BCUT2D eigenvalue weighted by molar-refractivity contribution is 5.74. The van der Waals surface area contributed by atoms with Crippen LogP contribution in [0.1, 0.15) is 23.1 Å². The second-order valence-corrected chi connectivity index (χ2v) is 5.89. The fourth-order valence-electron chi connectivity index (χ4n) is 2.78. The van der Waals surface area contributed by atoms with Gasteiger partial charge in [0.05, 0.1) is 11.0 Å². The van der Waals surface area contributed by atoms with Crippen molar-refractivity contribution in [1.29, 1.82) is 0 Å². The highest BCUT2D eigenvalue weighted by Gasteiger charge is 2.15. The maximum Gasteiger partial charge on any atom is 0.140 e. The van der Waals surface area contributed by atoms with E-state index >= 15 is 0 Å². The fourth-order valence-corrected chi connectivity index (χ4v) is 2.78. The highest BCUT2D eigenvalue weighted by atomic mass is 16.5. The monoisotopic (exact) mass is 330 g/mol. The zero-order valence-electron chi connectivity index (χ0n) is 13.6. The van der Waals surface area contributed by atoms with E-state index in [4.69, 9.17) is 4.74 Å². The molecule has 0 saturated carbocycles. The predicted octanol–water partition coefficient (Wildman–Crippen LogP) is 4.22. The molecule has 25 heavy (non-hydrogen) atoms. The van der Waals surface area contributed by atoms with Gasteiger partial charge < -0.3 is 14.8 Å². The van der Waals surface area contributed by atoms with Crippen molar-refractivity contribution in [2.24, 2.45) is 0 Å². The first-order valence-corrected chi connectivity index (χ1v) is 8.19. The van der Waals surface area contributed by atoms with Crippen molar-refractivity contribution in [3.05, 3.63) is 95.8 Å². The van der Waals surface area contributed by atoms with Crippen molar-refractivity contribution in [2.75, 3.05) is 0 Å². The second-order valence-electron chi connectivity index (χ2n) is 5.89. The van der Waals surface area contributed by atoms with E-state index in [0.717, 1.165) is 27.9 Å². The smallest absolute Gasteiger partial charge is 0.140 e. The first kappa shape index (κ1) is 15.4. The van der Waals surface area contributed by atoms with Gasteiger partial charge in [0.25, 0.3) is 0 Å². The van der Waals surface area contributed by atoms with E-state index in [-0.39, 0.29) is 0 Å². The number of hydrogen-bond acceptors (Lipinski definition) is 3. The van der Waals surface area contributed by atoms with E-state index in [0.29, 0.717) is 12.4 Å². The van der Waals surface area contributed by atoms with Gasteiger partial charge in [-0.2, -0.15) is 0 Å². The minimum absolute atomic E-state index is 0.491. The lowest BCUT2D eigenvalue weighted by atomic mass is 10.1. The molecule has 1 unspecified atom stereocenters. The molecule has 0 aliphatic heterocycles. The van der Waals surface area contributed by atoms with Crippen LogP contribution in [-0.4, -0.2) is 15.1 Å². The number of ether oxygens (including phenoxy) is 1. The molecule has 1 aromatic heterocycles. The molecule has 1 heterocycles. The number of fused-ring (bicyclic) bond motifs is 1. The molecule has 1 atom stereocenters. The maximum atomic E-state index is 10.7. The molecule has 0 fully saturated rings. The van der Waals surface area contributed by atoms with Crippen LogP contribution in [0.3, 0.4) is 0 Å². The van der Waals surface area contributed by atoms with Gasteiger partial charge in [0, 0.05) is 0 Å². The molecule has 4 rings (SSSR count). The third kappa shape index (κ3) is 3.39. The lowest BCUT2D eigenvalue weighted by molar-refractivity contribution is 0.210. The summed E-state index contributed by atoms with van der Waals surface area (Å²) < 4.78 is 5.84. The van der Waals surface area contributed by atoms with Crippen LogP contribution in [0.2, 0.25) is 0 Å². The van der Waals surface area contributed by atoms with Gasteiger partial charge in [0.1, 0.15) is 24.3 Å². The van der Waals surface area contributed by atoms with E-state index in [2.05, 4.69) is 9.97 Å². The van der Waals surface area contributed by atoms with Crippen LogP contribution in [0, 0.1) is 0 Å². The summed E-state index contributed by atoms with van der Waals surface area (Å²) in [4.78, 5) is 7.64. The summed E-state index contributed by atoms with van der Waals surface area (Å²) in [5, 5.41) is 10.7. The number of imidazole rings is 1. The van der Waals surface area contributed by atoms with Crippen molar-refractivity contribution >= 4 is 11.0 Å². The minimum Gasteiger partial charge on any atom is -0.489 e. The molecule has 0 aliphatic carbocycles. The lowest BCUT2D eigenvalue weighted by Gasteiger charge is -2.11. The molecule has 4 nitrogen and oxygen atoms in total. The number of nitrogens with one attached hydrogen (secondary N) is 1. The number of hydrogen-bond donors (Lipinski definition) is 2. The Balaban J connectivity index is 1.53. The van der Waals surface area contributed by atoms with Gasteiger partial charge >= 0.3 is 0 Å². The van der Waals surface area contributed by atoms with Crippen LogP contribution in [0.4, 0.5) is 0 Å². The summed E-state index contributed by atoms with van der Waals surface area (Å²) in [5.41, 5.74) is 3.59. The molecule has 124 valence electrons. The lowest BCUT2D eigenvalue weighted by Crippen LogP contribution is -2.03. The Morgan fingerprint density at radius 3 is 2.56 bits per heavy atom. The van der Waals surface area contributed by atoms with Gasteiger partial charge in [-0.3, -0.25) is 0 Å². The summed E-state index contributed by atoms with van der Waals surface area (Å²) in [6.07, 6.45) is -0.826. The van der Waals surface area contributed by atoms with Gasteiger partial charge in [0.2, 0.25) is 0 Å². The second kappa shape index (κ2) is 6.79. The number of nitrogens with zero attached hydrogens (tertiary/aromatic N) is 1. The number of aliphatic hydroxyl groups is 1. The summed E-state index contributed by atoms with van der Waals surface area (Å²) in [6, 6.07) is 25.2. The van der Waals surface area contributed by atoms with Crippen LogP contribution >= 0.6 is 0 Å². The Bertz CT molecular complexity index is 946. The maximum absolute atomic E-state index is 10.7.